The molecule has 100 valence electrons. The van der Waals surface area contributed by atoms with Crippen LogP contribution < -0.4 is 10.5 Å². The van der Waals surface area contributed by atoms with Gasteiger partial charge < -0.3 is 19.9 Å². The highest BCUT2D eigenvalue weighted by atomic mass is 16.5. The van der Waals surface area contributed by atoms with E-state index in [0.29, 0.717) is 37.9 Å². The van der Waals surface area contributed by atoms with Crippen LogP contribution in [-0.2, 0) is 9.47 Å². The van der Waals surface area contributed by atoms with Crippen molar-refractivity contribution in [2.75, 3.05) is 33.5 Å². The molecule has 6 heteroatoms. The molecule has 0 bridgehead atoms. The molecule has 0 spiro atoms. The van der Waals surface area contributed by atoms with Crippen molar-refractivity contribution in [1.82, 2.24) is 4.98 Å². The minimum absolute atomic E-state index is 0.0468. The molecule has 0 aliphatic rings. The summed E-state index contributed by atoms with van der Waals surface area (Å²) in [5.41, 5.74) is 5.94. The summed E-state index contributed by atoms with van der Waals surface area (Å²) in [6.07, 6.45) is 2.36. The van der Waals surface area contributed by atoms with Crippen LogP contribution in [0, 0.1) is 5.41 Å². The molecule has 0 aliphatic heterocycles. The number of nitrogens with one attached hydrogen (secondary N) is 1. The molecule has 3 N–H and O–H groups in total. The van der Waals surface area contributed by atoms with E-state index in [1.54, 1.807) is 25.4 Å². The summed E-state index contributed by atoms with van der Waals surface area (Å²) in [5.74, 6) is 0.344. The Morgan fingerprint density at radius 1 is 1.33 bits per heavy atom. The number of methoxy groups -OCH3 is 1. The average molecular weight is 253 g/mol. The average Bonchev–Trinajstić information content (AvgIpc) is 2.38. The van der Waals surface area contributed by atoms with Crippen molar-refractivity contribution in [3.63, 3.8) is 0 Å². The van der Waals surface area contributed by atoms with E-state index in [1.807, 2.05) is 0 Å². The highest BCUT2D eigenvalue weighted by Gasteiger charge is 2.06. The minimum Gasteiger partial charge on any atom is -0.477 e. The molecule has 1 aromatic heterocycles. The van der Waals surface area contributed by atoms with Crippen molar-refractivity contribution in [3.8, 4) is 5.88 Å². The van der Waals surface area contributed by atoms with Crippen molar-refractivity contribution in [2.24, 2.45) is 5.73 Å². The second kappa shape index (κ2) is 8.43. The summed E-state index contributed by atoms with van der Waals surface area (Å²) in [6.45, 7) is 2.25. The van der Waals surface area contributed by atoms with E-state index in [2.05, 4.69) is 4.98 Å². The van der Waals surface area contributed by atoms with Gasteiger partial charge in [0, 0.05) is 26.3 Å². The van der Waals surface area contributed by atoms with Gasteiger partial charge >= 0.3 is 0 Å². The molecule has 0 aliphatic carbocycles. The molecular formula is C12H19N3O3. The fourth-order valence-electron chi connectivity index (χ4n) is 1.28. The monoisotopic (exact) mass is 253 g/mol. The zero-order valence-electron chi connectivity index (χ0n) is 10.5. The third-order valence-corrected chi connectivity index (χ3v) is 2.16. The Morgan fingerprint density at radius 2 is 2.17 bits per heavy atom. The quantitative estimate of drug-likeness (QED) is 0.386. The van der Waals surface area contributed by atoms with Gasteiger partial charge in [0.15, 0.2) is 0 Å². The molecule has 18 heavy (non-hydrogen) atoms. The lowest BCUT2D eigenvalue weighted by Crippen LogP contribution is -2.14. The van der Waals surface area contributed by atoms with Gasteiger partial charge in [-0.1, -0.05) is 0 Å². The van der Waals surface area contributed by atoms with Gasteiger partial charge in [0.2, 0.25) is 5.88 Å². The van der Waals surface area contributed by atoms with E-state index in [-0.39, 0.29) is 5.84 Å². The first-order valence-corrected chi connectivity index (χ1v) is 5.74. The summed E-state index contributed by atoms with van der Waals surface area (Å²) in [4.78, 5) is 4.04. The third kappa shape index (κ3) is 5.11. The molecule has 6 nitrogen and oxygen atoms in total. The number of hydrogen-bond donors (Lipinski definition) is 2. The predicted octanol–water partition coefficient (Wildman–Crippen LogP) is 0.798. The van der Waals surface area contributed by atoms with E-state index in [1.165, 1.54) is 0 Å². The molecule has 1 heterocycles. The maximum absolute atomic E-state index is 7.39. The number of nitrogens with zero attached hydrogens (tertiary/aromatic N) is 1. The van der Waals surface area contributed by atoms with Gasteiger partial charge in [0.05, 0.1) is 25.4 Å². The van der Waals surface area contributed by atoms with Gasteiger partial charge in [-0.3, -0.25) is 5.41 Å². The van der Waals surface area contributed by atoms with Crippen molar-refractivity contribution >= 4 is 5.84 Å². The second-order valence-electron chi connectivity index (χ2n) is 3.58. The molecule has 0 saturated heterocycles. The summed E-state index contributed by atoms with van der Waals surface area (Å²) in [6, 6.07) is 3.43. The van der Waals surface area contributed by atoms with Crippen LogP contribution in [0.1, 0.15) is 12.0 Å². The normalized spacial score (nSPS) is 10.3. The Balaban J connectivity index is 2.25. The number of nitrogen functional groups attached to an aromatic ring is 1. The van der Waals surface area contributed by atoms with Gasteiger partial charge in [-0.05, 0) is 12.1 Å². The summed E-state index contributed by atoms with van der Waals surface area (Å²) in [7, 11) is 1.64. The van der Waals surface area contributed by atoms with E-state index in [4.69, 9.17) is 25.4 Å². The van der Waals surface area contributed by atoms with Crippen molar-refractivity contribution in [1.29, 1.82) is 5.41 Å². The zero-order valence-corrected chi connectivity index (χ0v) is 10.5. The van der Waals surface area contributed by atoms with E-state index < -0.39 is 0 Å². The maximum Gasteiger partial charge on any atom is 0.224 e. The van der Waals surface area contributed by atoms with E-state index >= 15 is 0 Å². The zero-order chi connectivity index (χ0) is 13.2. The number of hydrogen-bond acceptors (Lipinski definition) is 5. The van der Waals surface area contributed by atoms with Crippen LogP contribution >= 0.6 is 0 Å². The first kappa shape index (κ1) is 14.4. The van der Waals surface area contributed by atoms with Crippen LogP contribution in [0.5, 0.6) is 5.88 Å². The SMILES string of the molecule is COCCOCCCOc1ncccc1C(=N)N. The minimum atomic E-state index is -0.0468. The topological polar surface area (TPSA) is 90.5 Å². The Morgan fingerprint density at radius 3 is 2.89 bits per heavy atom. The van der Waals surface area contributed by atoms with Crippen LogP contribution in [0.25, 0.3) is 0 Å². The van der Waals surface area contributed by atoms with Gasteiger partial charge in [-0.15, -0.1) is 0 Å². The third-order valence-electron chi connectivity index (χ3n) is 2.16. The number of rotatable bonds is 9. The number of pyridine rings is 1. The molecule has 0 atom stereocenters. The second-order valence-corrected chi connectivity index (χ2v) is 3.58. The first-order valence-electron chi connectivity index (χ1n) is 5.74. The maximum atomic E-state index is 7.39. The van der Waals surface area contributed by atoms with Gasteiger partial charge in [0.25, 0.3) is 0 Å². The molecule has 1 aromatic rings. The molecule has 0 radical (unpaired) electrons. The van der Waals surface area contributed by atoms with Gasteiger partial charge in [0.1, 0.15) is 5.84 Å². The predicted molar refractivity (Wildman–Crippen MR) is 68.1 cm³/mol. The Kier molecular flexibility index (Phi) is 6.75. The molecule has 0 fully saturated rings. The lowest BCUT2D eigenvalue weighted by molar-refractivity contribution is 0.0642. The Hall–Kier alpha value is -1.66. The molecule has 1 rings (SSSR count). The van der Waals surface area contributed by atoms with Crippen molar-refractivity contribution < 1.29 is 14.2 Å². The summed E-state index contributed by atoms with van der Waals surface area (Å²) >= 11 is 0. The number of ether oxygens (including phenoxy) is 3. The van der Waals surface area contributed by atoms with Crippen molar-refractivity contribution in [3.05, 3.63) is 23.9 Å². The van der Waals surface area contributed by atoms with Crippen molar-refractivity contribution in [2.45, 2.75) is 6.42 Å². The van der Waals surface area contributed by atoms with Gasteiger partial charge in [-0.25, -0.2) is 4.98 Å². The van der Waals surface area contributed by atoms with Crippen LogP contribution in [0.2, 0.25) is 0 Å². The highest BCUT2D eigenvalue weighted by molar-refractivity contribution is 5.96. The number of amidine groups is 1. The molecule has 0 unspecified atom stereocenters. The largest absolute Gasteiger partial charge is 0.477 e. The molecular weight excluding hydrogens is 234 g/mol. The number of aromatic nitrogens is 1. The summed E-state index contributed by atoms with van der Waals surface area (Å²) < 4.78 is 15.6. The fourth-order valence-corrected chi connectivity index (χ4v) is 1.28. The molecule has 0 amide bonds. The van der Waals surface area contributed by atoms with E-state index in [0.717, 1.165) is 6.42 Å². The molecule has 0 saturated carbocycles. The Bertz CT molecular complexity index is 371. The molecule has 0 aromatic carbocycles. The van der Waals surface area contributed by atoms with Crippen LogP contribution in [0.15, 0.2) is 18.3 Å². The van der Waals surface area contributed by atoms with E-state index in [9.17, 15) is 0 Å². The van der Waals surface area contributed by atoms with Crippen LogP contribution in [0.3, 0.4) is 0 Å². The standard InChI is InChI=1S/C12H19N3O3/c1-16-8-9-17-6-3-7-18-12-10(11(13)14)4-2-5-15-12/h2,4-5H,3,6-9H2,1H3,(H3,13,14). The number of nitrogens with two attached hydrogens (primary N) is 1. The van der Waals surface area contributed by atoms with Crippen LogP contribution in [0.4, 0.5) is 0 Å². The van der Waals surface area contributed by atoms with Gasteiger partial charge in [-0.2, -0.15) is 0 Å². The smallest absolute Gasteiger partial charge is 0.224 e. The Labute approximate surface area is 107 Å². The summed E-state index contributed by atoms with van der Waals surface area (Å²) in [5, 5.41) is 7.39. The lowest BCUT2D eigenvalue weighted by Gasteiger charge is -2.09. The highest BCUT2D eigenvalue weighted by Crippen LogP contribution is 2.13. The lowest BCUT2D eigenvalue weighted by atomic mass is 10.2. The van der Waals surface area contributed by atoms with Crippen LogP contribution in [-0.4, -0.2) is 44.4 Å². The fraction of sp³-hybridized carbons (Fsp3) is 0.500. The first-order chi connectivity index (χ1) is 8.75.